The summed E-state index contributed by atoms with van der Waals surface area (Å²) in [6.45, 7) is 12.7. The molecule has 0 N–H and O–H groups in total. The largest absolute Gasteiger partial charge is 0.465 e. The Kier molecular flexibility index (Phi) is 5.64. The third-order valence-corrected chi connectivity index (χ3v) is 10.4. The first kappa shape index (κ1) is 20.5. The third kappa shape index (κ3) is 3.98. The molecule has 0 fully saturated rings. The molecule has 0 radical (unpaired) electrons. The normalized spacial score (nSPS) is 14.1. The number of carbonyl (C=O) groups is 1. The summed E-state index contributed by atoms with van der Waals surface area (Å²) in [5.41, 5.74) is 3.81. The van der Waals surface area contributed by atoms with Gasteiger partial charge in [-0.3, -0.25) is 0 Å². The van der Waals surface area contributed by atoms with Crippen molar-refractivity contribution < 1.29 is 14.0 Å². The van der Waals surface area contributed by atoms with Gasteiger partial charge in [0.15, 0.2) is 8.32 Å². The smallest absolute Gasteiger partial charge is 0.338 e. The summed E-state index contributed by atoms with van der Waals surface area (Å²) in [4.78, 5) is 18.8. The standard InChI is InChI=1S/C22H30N2O3Si/c1-22(2,3)28(5,6)27-15-16-10-12-23-20(14-16)24-13-11-17-18(21(25)26-4)8-7-9-19(17)24/h7-10,12,14H,11,13,15H2,1-6H3. The predicted octanol–water partition coefficient (Wildman–Crippen LogP) is 5.08. The number of pyridine rings is 1. The fourth-order valence-electron chi connectivity index (χ4n) is 3.15. The number of carbonyl (C=O) groups excluding carboxylic acids is 1. The Bertz CT molecular complexity index is 874. The van der Waals surface area contributed by atoms with Gasteiger partial charge in [0.1, 0.15) is 5.82 Å². The van der Waals surface area contributed by atoms with Gasteiger partial charge in [0.05, 0.1) is 19.3 Å². The second-order valence-corrected chi connectivity index (χ2v) is 13.6. The van der Waals surface area contributed by atoms with Crippen molar-refractivity contribution >= 4 is 25.8 Å². The summed E-state index contributed by atoms with van der Waals surface area (Å²) in [6, 6.07) is 9.86. The topological polar surface area (TPSA) is 51.7 Å². The molecule has 5 nitrogen and oxygen atoms in total. The Morgan fingerprint density at radius 2 is 2.00 bits per heavy atom. The number of hydrogen-bond acceptors (Lipinski definition) is 5. The maximum absolute atomic E-state index is 12.1. The number of esters is 1. The predicted molar refractivity (Wildman–Crippen MR) is 115 cm³/mol. The number of anilines is 2. The lowest BCUT2D eigenvalue weighted by Gasteiger charge is -2.36. The molecule has 28 heavy (non-hydrogen) atoms. The quantitative estimate of drug-likeness (QED) is 0.519. The lowest BCUT2D eigenvalue weighted by Crippen LogP contribution is -2.40. The van der Waals surface area contributed by atoms with Crippen LogP contribution in [0.15, 0.2) is 36.5 Å². The van der Waals surface area contributed by atoms with Crippen LogP contribution in [0.25, 0.3) is 0 Å². The van der Waals surface area contributed by atoms with Crippen molar-refractivity contribution in [3.05, 3.63) is 53.2 Å². The number of hydrogen-bond donors (Lipinski definition) is 0. The van der Waals surface area contributed by atoms with Crippen molar-refractivity contribution in [2.45, 2.75) is 51.9 Å². The van der Waals surface area contributed by atoms with Crippen molar-refractivity contribution in [3.8, 4) is 0 Å². The van der Waals surface area contributed by atoms with Gasteiger partial charge in [-0.05, 0) is 59.9 Å². The Hall–Kier alpha value is -2.18. The molecule has 3 rings (SSSR count). The zero-order valence-electron chi connectivity index (χ0n) is 17.7. The van der Waals surface area contributed by atoms with E-state index in [4.69, 9.17) is 9.16 Å². The summed E-state index contributed by atoms with van der Waals surface area (Å²) in [5.74, 6) is 0.597. The summed E-state index contributed by atoms with van der Waals surface area (Å²) >= 11 is 0. The lowest BCUT2D eigenvalue weighted by atomic mass is 10.1. The monoisotopic (exact) mass is 398 g/mol. The summed E-state index contributed by atoms with van der Waals surface area (Å²) < 4.78 is 11.3. The maximum Gasteiger partial charge on any atom is 0.338 e. The second kappa shape index (κ2) is 7.68. The lowest BCUT2D eigenvalue weighted by molar-refractivity contribution is 0.0599. The van der Waals surface area contributed by atoms with Crippen LogP contribution in [0.1, 0.15) is 42.3 Å². The first-order valence-corrected chi connectivity index (χ1v) is 12.6. The van der Waals surface area contributed by atoms with Crippen molar-refractivity contribution in [1.29, 1.82) is 0 Å². The molecule has 0 aliphatic carbocycles. The number of ether oxygens (including phenoxy) is 1. The van der Waals surface area contributed by atoms with E-state index in [1.165, 1.54) is 7.11 Å². The summed E-state index contributed by atoms with van der Waals surface area (Å²) in [5, 5.41) is 0.182. The zero-order valence-corrected chi connectivity index (χ0v) is 18.7. The Morgan fingerprint density at radius 3 is 2.68 bits per heavy atom. The van der Waals surface area contributed by atoms with Gasteiger partial charge in [-0.25, -0.2) is 9.78 Å². The molecular formula is C22H30N2O3Si. The van der Waals surface area contributed by atoms with Gasteiger partial charge in [0, 0.05) is 18.4 Å². The number of methoxy groups -OCH3 is 1. The van der Waals surface area contributed by atoms with Gasteiger partial charge in [0.25, 0.3) is 0 Å². The van der Waals surface area contributed by atoms with Crippen LogP contribution in [-0.2, 0) is 22.2 Å². The van der Waals surface area contributed by atoms with Crippen LogP contribution in [0.5, 0.6) is 0 Å². The summed E-state index contributed by atoms with van der Waals surface area (Å²) in [7, 11) is -0.385. The Labute approximate surface area is 168 Å². The zero-order chi connectivity index (χ0) is 20.5. The highest BCUT2D eigenvalue weighted by atomic mass is 28.4. The van der Waals surface area contributed by atoms with E-state index < -0.39 is 8.32 Å². The molecule has 0 saturated carbocycles. The van der Waals surface area contributed by atoms with Crippen LogP contribution >= 0.6 is 0 Å². The van der Waals surface area contributed by atoms with Gasteiger partial charge in [-0.2, -0.15) is 0 Å². The number of benzene rings is 1. The minimum Gasteiger partial charge on any atom is -0.465 e. The third-order valence-electron chi connectivity index (χ3n) is 5.93. The van der Waals surface area contributed by atoms with E-state index in [1.54, 1.807) is 0 Å². The van der Waals surface area contributed by atoms with Crippen molar-refractivity contribution in [3.63, 3.8) is 0 Å². The Balaban J connectivity index is 1.83. The van der Waals surface area contributed by atoms with Gasteiger partial charge >= 0.3 is 5.97 Å². The van der Waals surface area contributed by atoms with E-state index in [2.05, 4.69) is 49.8 Å². The van der Waals surface area contributed by atoms with Crippen LogP contribution in [0.2, 0.25) is 18.1 Å². The molecule has 0 atom stereocenters. The average Bonchev–Trinajstić information content (AvgIpc) is 3.09. The number of nitrogens with zero attached hydrogens (tertiary/aromatic N) is 2. The molecule has 2 heterocycles. The van der Waals surface area contributed by atoms with Crippen LogP contribution < -0.4 is 4.90 Å². The number of aromatic nitrogens is 1. The molecule has 0 saturated heterocycles. The molecule has 0 spiro atoms. The second-order valence-electron chi connectivity index (χ2n) is 8.77. The highest BCUT2D eigenvalue weighted by Crippen LogP contribution is 2.38. The number of rotatable bonds is 5. The highest BCUT2D eigenvalue weighted by molar-refractivity contribution is 6.74. The van der Waals surface area contributed by atoms with Crippen molar-refractivity contribution in [1.82, 2.24) is 4.98 Å². The molecule has 1 aromatic heterocycles. The van der Waals surface area contributed by atoms with Crippen LogP contribution in [0.4, 0.5) is 11.5 Å². The summed E-state index contributed by atoms with van der Waals surface area (Å²) in [6.07, 6.45) is 2.63. The molecule has 0 bridgehead atoms. The first-order valence-electron chi connectivity index (χ1n) is 9.71. The van der Waals surface area contributed by atoms with E-state index in [1.807, 2.05) is 30.5 Å². The Morgan fingerprint density at radius 1 is 1.25 bits per heavy atom. The minimum atomic E-state index is -1.80. The van der Waals surface area contributed by atoms with E-state index in [0.29, 0.717) is 12.2 Å². The molecule has 1 aliphatic heterocycles. The fraction of sp³-hybridized carbons (Fsp3) is 0.455. The molecule has 0 amide bonds. The fourth-order valence-corrected chi connectivity index (χ4v) is 4.11. The molecule has 0 unspecified atom stereocenters. The van der Waals surface area contributed by atoms with Gasteiger partial charge in [-0.15, -0.1) is 0 Å². The number of fused-ring (bicyclic) bond motifs is 1. The molecule has 6 heteroatoms. The van der Waals surface area contributed by atoms with Gasteiger partial charge in [0.2, 0.25) is 0 Å². The van der Waals surface area contributed by atoms with Crippen LogP contribution in [0.3, 0.4) is 0 Å². The molecule has 1 aromatic carbocycles. The van der Waals surface area contributed by atoms with E-state index in [0.717, 1.165) is 35.6 Å². The van der Waals surface area contributed by atoms with E-state index >= 15 is 0 Å². The first-order chi connectivity index (χ1) is 13.1. The van der Waals surface area contributed by atoms with Crippen LogP contribution in [0, 0.1) is 0 Å². The highest BCUT2D eigenvalue weighted by Gasteiger charge is 2.37. The van der Waals surface area contributed by atoms with E-state index in [9.17, 15) is 4.79 Å². The molecule has 2 aromatic rings. The van der Waals surface area contributed by atoms with E-state index in [-0.39, 0.29) is 11.0 Å². The average molecular weight is 399 g/mol. The maximum atomic E-state index is 12.1. The van der Waals surface area contributed by atoms with Crippen LogP contribution in [-0.4, -0.2) is 32.9 Å². The molecular weight excluding hydrogens is 368 g/mol. The van der Waals surface area contributed by atoms with Gasteiger partial charge in [-0.1, -0.05) is 26.8 Å². The minimum absolute atomic E-state index is 0.182. The SMILES string of the molecule is COC(=O)c1cccc2c1CCN2c1cc(CO[Si](C)(C)C(C)(C)C)ccn1. The van der Waals surface area contributed by atoms with Crippen molar-refractivity contribution in [2.24, 2.45) is 0 Å². The van der Waals surface area contributed by atoms with Crippen molar-refractivity contribution in [2.75, 3.05) is 18.6 Å². The molecule has 1 aliphatic rings. The van der Waals surface area contributed by atoms with Gasteiger partial charge < -0.3 is 14.1 Å². The molecule has 150 valence electrons.